The van der Waals surface area contributed by atoms with Crippen molar-refractivity contribution >= 4 is 21.8 Å². The summed E-state index contributed by atoms with van der Waals surface area (Å²) in [6.07, 6.45) is 0.524. The third kappa shape index (κ3) is 3.47. The number of hydrogen-bond donors (Lipinski definition) is 2. The Bertz CT molecular complexity index is 613. The van der Waals surface area contributed by atoms with Crippen molar-refractivity contribution < 1.29 is 17.9 Å². The molecule has 1 aliphatic heterocycles. The van der Waals surface area contributed by atoms with Crippen LogP contribution in [0.5, 0.6) is 5.75 Å². The van der Waals surface area contributed by atoms with E-state index in [-0.39, 0.29) is 19.1 Å². The number of hydrogen-bond acceptors (Lipinski definition) is 4. The Morgan fingerprint density at radius 2 is 2.15 bits per heavy atom. The molecule has 1 amide bonds. The quantitative estimate of drug-likeness (QED) is 0.798. The number of amides is 1. The molecule has 2 rings (SSSR count). The Morgan fingerprint density at radius 1 is 1.40 bits per heavy atom. The summed E-state index contributed by atoms with van der Waals surface area (Å²) in [6, 6.07) is 5.40. The molecule has 1 aromatic rings. The zero-order valence-corrected chi connectivity index (χ0v) is 12.2. The van der Waals surface area contributed by atoms with Crippen LogP contribution >= 0.6 is 0 Å². The zero-order valence-electron chi connectivity index (χ0n) is 11.3. The van der Waals surface area contributed by atoms with Crippen molar-refractivity contribution in [2.24, 2.45) is 0 Å². The lowest BCUT2D eigenvalue weighted by atomic mass is 10.1. The molecule has 0 fully saturated rings. The first-order valence-corrected chi connectivity index (χ1v) is 7.55. The second-order valence-corrected chi connectivity index (χ2v) is 6.57. The van der Waals surface area contributed by atoms with Crippen molar-refractivity contribution in [3.63, 3.8) is 0 Å². The fraction of sp³-hybridized carbons (Fsp3) is 0.417. The minimum absolute atomic E-state index is 0.0228. The van der Waals surface area contributed by atoms with Gasteiger partial charge >= 0.3 is 0 Å². The number of ether oxygens (including phenoxy) is 1. The van der Waals surface area contributed by atoms with Crippen LogP contribution in [0.15, 0.2) is 18.2 Å². The summed E-state index contributed by atoms with van der Waals surface area (Å²) in [7, 11) is -0.473. The lowest BCUT2D eigenvalue weighted by Gasteiger charge is -2.18. The molecule has 0 radical (unpaired) electrons. The average molecular weight is 299 g/mol. The Labute approximate surface area is 118 Å². The highest BCUT2D eigenvalue weighted by molar-refractivity contribution is 7.87. The van der Waals surface area contributed by atoms with Crippen LogP contribution in [0, 0.1) is 0 Å². The number of fused-ring (bicyclic) bond motifs is 1. The molecule has 0 saturated heterocycles. The molecule has 0 unspecified atom stereocenters. The van der Waals surface area contributed by atoms with E-state index in [9.17, 15) is 13.2 Å². The van der Waals surface area contributed by atoms with E-state index in [1.165, 1.54) is 14.1 Å². The SMILES string of the molecule is CN(C)S(=O)(=O)NCCc1ccc2c(c1)NC(=O)CO2. The summed E-state index contributed by atoms with van der Waals surface area (Å²) in [4.78, 5) is 11.2. The van der Waals surface area contributed by atoms with Crippen molar-refractivity contribution in [3.8, 4) is 5.75 Å². The normalized spacial score (nSPS) is 14.7. The van der Waals surface area contributed by atoms with Crippen LogP contribution in [0.3, 0.4) is 0 Å². The van der Waals surface area contributed by atoms with E-state index in [4.69, 9.17) is 4.74 Å². The van der Waals surface area contributed by atoms with Gasteiger partial charge in [0, 0.05) is 20.6 Å². The second-order valence-electron chi connectivity index (χ2n) is 4.60. The lowest BCUT2D eigenvalue weighted by molar-refractivity contribution is -0.118. The van der Waals surface area contributed by atoms with Gasteiger partial charge in [-0.05, 0) is 24.1 Å². The molecule has 0 saturated carbocycles. The van der Waals surface area contributed by atoms with E-state index in [1.54, 1.807) is 12.1 Å². The van der Waals surface area contributed by atoms with Gasteiger partial charge < -0.3 is 10.1 Å². The molecule has 0 aromatic heterocycles. The van der Waals surface area contributed by atoms with Crippen molar-refractivity contribution in [1.29, 1.82) is 0 Å². The van der Waals surface area contributed by atoms with Crippen LogP contribution in [0.4, 0.5) is 5.69 Å². The van der Waals surface area contributed by atoms with E-state index in [0.717, 1.165) is 9.87 Å². The fourth-order valence-corrected chi connectivity index (χ4v) is 2.36. The van der Waals surface area contributed by atoms with Crippen LogP contribution in [-0.2, 0) is 21.4 Å². The van der Waals surface area contributed by atoms with Gasteiger partial charge in [-0.3, -0.25) is 4.79 Å². The third-order valence-corrected chi connectivity index (χ3v) is 4.39. The molecule has 1 aliphatic rings. The van der Waals surface area contributed by atoms with Crippen LogP contribution in [-0.4, -0.2) is 45.9 Å². The Hall–Kier alpha value is -1.64. The van der Waals surface area contributed by atoms with E-state index in [2.05, 4.69) is 10.0 Å². The first-order chi connectivity index (χ1) is 9.38. The molecule has 1 aromatic carbocycles. The smallest absolute Gasteiger partial charge is 0.278 e. The molecule has 20 heavy (non-hydrogen) atoms. The largest absolute Gasteiger partial charge is 0.482 e. The van der Waals surface area contributed by atoms with Gasteiger partial charge in [0.2, 0.25) is 0 Å². The molecule has 0 atom stereocenters. The highest BCUT2D eigenvalue weighted by atomic mass is 32.2. The van der Waals surface area contributed by atoms with Crippen LogP contribution in [0.2, 0.25) is 0 Å². The molecule has 1 heterocycles. The minimum atomic E-state index is -3.41. The van der Waals surface area contributed by atoms with Crippen molar-refractivity contribution in [2.75, 3.05) is 32.6 Å². The van der Waals surface area contributed by atoms with Gasteiger partial charge in [0.1, 0.15) is 5.75 Å². The van der Waals surface area contributed by atoms with Crippen LogP contribution in [0.25, 0.3) is 0 Å². The monoisotopic (exact) mass is 299 g/mol. The predicted molar refractivity (Wildman–Crippen MR) is 74.9 cm³/mol. The maximum absolute atomic E-state index is 11.5. The van der Waals surface area contributed by atoms with Gasteiger partial charge in [-0.15, -0.1) is 0 Å². The summed E-state index contributed by atoms with van der Waals surface area (Å²) in [5.74, 6) is 0.435. The number of benzene rings is 1. The number of anilines is 1. The Kier molecular flexibility index (Phi) is 4.26. The third-order valence-electron chi connectivity index (χ3n) is 2.86. The van der Waals surface area contributed by atoms with Crippen molar-refractivity contribution in [1.82, 2.24) is 9.03 Å². The first-order valence-electron chi connectivity index (χ1n) is 6.11. The molecular weight excluding hydrogens is 282 g/mol. The summed E-state index contributed by atoms with van der Waals surface area (Å²) >= 11 is 0. The maximum atomic E-state index is 11.5. The maximum Gasteiger partial charge on any atom is 0.278 e. The fourth-order valence-electron chi connectivity index (χ4n) is 1.74. The molecule has 8 heteroatoms. The minimum Gasteiger partial charge on any atom is -0.482 e. The average Bonchev–Trinajstić information content (AvgIpc) is 2.37. The number of carbonyl (C=O) groups is 1. The standard InChI is InChI=1S/C12H17N3O4S/c1-15(2)20(17,18)13-6-5-9-3-4-11-10(7-9)14-12(16)8-19-11/h3-4,7,13H,5-6,8H2,1-2H3,(H,14,16). The topological polar surface area (TPSA) is 87.7 Å². The van der Waals surface area contributed by atoms with Gasteiger partial charge in [-0.1, -0.05) is 6.07 Å². The van der Waals surface area contributed by atoms with E-state index < -0.39 is 10.2 Å². The highest BCUT2D eigenvalue weighted by Gasteiger charge is 2.16. The van der Waals surface area contributed by atoms with Gasteiger partial charge in [-0.2, -0.15) is 12.7 Å². The molecule has 110 valence electrons. The zero-order chi connectivity index (χ0) is 14.8. The van der Waals surface area contributed by atoms with Gasteiger partial charge in [0.15, 0.2) is 6.61 Å². The Balaban J connectivity index is 1.98. The van der Waals surface area contributed by atoms with E-state index >= 15 is 0 Å². The van der Waals surface area contributed by atoms with E-state index in [1.807, 2.05) is 6.07 Å². The number of nitrogens with one attached hydrogen (secondary N) is 2. The van der Waals surface area contributed by atoms with Gasteiger partial charge in [-0.25, -0.2) is 4.72 Å². The van der Waals surface area contributed by atoms with Crippen molar-refractivity contribution in [2.45, 2.75) is 6.42 Å². The summed E-state index contributed by atoms with van der Waals surface area (Å²) in [5.41, 5.74) is 1.53. The van der Waals surface area contributed by atoms with Gasteiger partial charge in [0.25, 0.3) is 16.1 Å². The summed E-state index contributed by atoms with van der Waals surface area (Å²) in [5, 5.41) is 2.71. The van der Waals surface area contributed by atoms with Crippen LogP contribution in [0.1, 0.15) is 5.56 Å². The molecular formula is C12H17N3O4S. The summed E-state index contributed by atoms with van der Waals surface area (Å²) in [6.45, 7) is 0.309. The molecule has 0 spiro atoms. The predicted octanol–water partition coefficient (Wildman–Crippen LogP) is -0.0440. The van der Waals surface area contributed by atoms with Crippen molar-refractivity contribution in [3.05, 3.63) is 23.8 Å². The molecule has 2 N–H and O–H groups in total. The molecule has 0 bridgehead atoms. The molecule has 0 aliphatic carbocycles. The number of nitrogens with zero attached hydrogens (tertiary/aromatic N) is 1. The highest BCUT2D eigenvalue weighted by Crippen LogP contribution is 2.28. The summed E-state index contributed by atoms with van der Waals surface area (Å²) < 4.78 is 31.9. The lowest BCUT2D eigenvalue weighted by Crippen LogP contribution is -2.36. The first kappa shape index (κ1) is 14.8. The number of carbonyl (C=O) groups excluding carboxylic acids is 1. The Morgan fingerprint density at radius 3 is 2.85 bits per heavy atom. The molecule has 7 nitrogen and oxygen atoms in total. The van der Waals surface area contributed by atoms with E-state index in [0.29, 0.717) is 17.9 Å². The number of rotatable bonds is 5. The van der Waals surface area contributed by atoms with Gasteiger partial charge in [0.05, 0.1) is 5.69 Å². The van der Waals surface area contributed by atoms with Crippen LogP contribution < -0.4 is 14.8 Å². The second kappa shape index (κ2) is 5.78.